The van der Waals surface area contributed by atoms with Crippen molar-refractivity contribution in [2.24, 2.45) is 0 Å². The van der Waals surface area contributed by atoms with Gasteiger partial charge in [-0.25, -0.2) is 0 Å². The quantitative estimate of drug-likeness (QED) is 0.818. The Kier molecular flexibility index (Phi) is 4.23. The lowest BCUT2D eigenvalue weighted by atomic mass is 10.2. The minimum atomic E-state index is 0.689. The van der Waals surface area contributed by atoms with Crippen molar-refractivity contribution >= 4 is 11.8 Å². The zero-order chi connectivity index (χ0) is 13.8. The number of pyridine rings is 1. The molecule has 1 aromatic heterocycles. The first-order chi connectivity index (χ1) is 9.86. The summed E-state index contributed by atoms with van der Waals surface area (Å²) in [5, 5.41) is 3.51. The van der Waals surface area contributed by atoms with Crippen LogP contribution in [0.5, 0.6) is 11.5 Å². The molecule has 1 aliphatic carbocycles. The lowest BCUT2D eigenvalue weighted by Crippen LogP contribution is -2.15. The van der Waals surface area contributed by atoms with Crippen molar-refractivity contribution in [2.45, 2.75) is 30.3 Å². The highest BCUT2D eigenvalue weighted by atomic mass is 32.2. The highest BCUT2D eigenvalue weighted by Crippen LogP contribution is 2.32. The van der Waals surface area contributed by atoms with Crippen LogP contribution < -0.4 is 10.1 Å². The van der Waals surface area contributed by atoms with Crippen molar-refractivity contribution in [1.82, 2.24) is 10.3 Å². The van der Waals surface area contributed by atoms with Gasteiger partial charge in [0, 0.05) is 29.2 Å². The van der Waals surface area contributed by atoms with Crippen molar-refractivity contribution in [3.8, 4) is 11.5 Å². The number of para-hydroxylation sites is 1. The molecule has 0 radical (unpaired) electrons. The Morgan fingerprint density at radius 2 is 2.10 bits per heavy atom. The van der Waals surface area contributed by atoms with E-state index >= 15 is 0 Å². The Morgan fingerprint density at radius 1 is 1.25 bits per heavy atom. The molecule has 3 rings (SSSR count). The van der Waals surface area contributed by atoms with Gasteiger partial charge in [-0.1, -0.05) is 12.1 Å². The van der Waals surface area contributed by atoms with Crippen LogP contribution in [0, 0.1) is 0 Å². The highest BCUT2D eigenvalue weighted by molar-refractivity contribution is 7.98. The summed E-state index contributed by atoms with van der Waals surface area (Å²) in [7, 11) is 0. The van der Waals surface area contributed by atoms with E-state index in [1.54, 1.807) is 18.0 Å². The highest BCUT2D eigenvalue weighted by Gasteiger charge is 2.20. The third kappa shape index (κ3) is 3.32. The Balaban J connectivity index is 1.78. The van der Waals surface area contributed by atoms with Crippen LogP contribution in [0.2, 0.25) is 0 Å². The van der Waals surface area contributed by atoms with Crippen LogP contribution in [-0.2, 0) is 6.54 Å². The summed E-state index contributed by atoms with van der Waals surface area (Å²) < 4.78 is 6.06. The predicted octanol–water partition coefficient (Wildman–Crippen LogP) is 3.85. The van der Waals surface area contributed by atoms with Crippen LogP contribution >= 0.6 is 11.8 Å². The number of hydrogen-bond acceptors (Lipinski definition) is 4. The number of nitrogens with zero attached hydrogens (tertiary/aromatic N) is 1. The summed E-state index contributed by atoms with van der Waals surface area (Å²) >= 11 is 1.69. The van der Waals surface area contributed by atoms with E-state index in [0.717, 1.165) is 28.5 Å². The Labute approximate surface area is 123 Å². The standard InChI is InChI=1S/C16H18N2OS/c1-20-16-5-3-2-4-14(16)19-15-11-17-9-8-12(15)10-18-13-6-7-13/h2-5,8-9,11,13,18H,6-7,10H2,1H3. The summed E-state index contributed by atoms with van der Waals surface area (Å²) in [4.78, 5) is 5.32. The van der Waals surface area contributed by atoms with E-state index in [4.69, 9.17) is 4.74 Å². The largest absolute Gasteiger partial charge is 0.454 e. The first kappa shape index (κ1) is 13.5. The van der Waals surface area contributed by atoms with Gasteiger partial charge in [-0.05, 0) is 37.3 Å². The molecular formula is C16H18N2OS. The van der Waals surface area contributed by atoms with Gasteiger partial charge in [-0.3, -0.25) is 4.98 Å². The van der Waals surface area contributed by atoms with Gasteiger partial charge >= 0.3 is 0 Å². The average Bonchev–Trinajstić information content (AvgIpc) is 3.31. The first-order valence-corrected chi connectivity index (χ1v) is 8.06. The molecule has 1 aliphatic rings. The van der Waals surface area contributed by atoms with E-state index in [1.807, 2.05) is 30.5 Å². The lowest BCUT2D eigenvalue weighted by Gasteiger charge is -2.13. The number of hydrogen-bond donors (Lipinski definition) is 1. The molecule has 1 N–H and O–H groups in total. The topological polar surface area (TPSA) is 34.1 Å². The van der Waals surface area contributed by atoms with E-state index in [9.17, 15) is 0 Å². The molecule has 3 nitrogen and oxygen atoms in total. The molecule has 104 valence electrons. The molecule has 0 saturated heterocycles. The second kappa shape index (κ2) is 6.29. The molecule has 20 heavy (non-hydrogen) atoms. The van der Waals surface area contributed by atoms with E-state index in [1.165, 1.54) is 12.8 Å². The minimum absolute atomic E-state index is 0.689. The van der Waals surface area contributed by atoms with Crippen molar-refractivity contribution < 1.29 is 4.74 Å². The van der Waals surface area contributed by atoms with Crippen molar-refractivity contribution in [1.29, 1.82) is 0 Å². The second-order valence-corrected chi connectivity index (χ2v) is 5.74. The van der Waals surface area contributed by atoms with Crippen molar-refractivity contribution in [3.63, 3.8) is 0 Å². The monoisotopic (exact) mass is 286 g/mol. The van der Waals surface area contributed by atoms with Crippen LogP contribution in [0.15, 0.2) is 47.6 Å². The summed E-state index contributed by atoms with van der Waals surface area (Å²) in [6.45, 7) is 0.837. The van der Waals surface area contributed by atoms with Crippen molar-refractivity contribution in [3.05, 3.63) is 48.3 Å². The van der Waals surface area contributed by atoms with Gasteiger partial charge in [0.05, 0.1) is 6.20 Å². The molecule has 0 atom stereocenters. The van der Waals surface area contributed by atoms with Gasteiger partial charge in [0.2, 0.25) is 0 Å². The summed E-state index contributed by atoms with van der Waals surface area (Å²) in [6.07, 6.45) is 8.24. The number of benzene rings is 1. The Morgan fingerprint density at radius 3 is 2.90 bits per heavy atom. The fourth-order valence-electron chi connectivity index (χ4n) is 2.01. The molecule has 1 saturated carbocycles. The van der Waals surface area contributed by atoms with Crippen LogP contribution in [-0.4, -0.2) is 17.3 Å². The minimum Gasteiger partial charge on any atom is -0.454 e. The predicted molar refractivity (Wildman–Crippen MR) is 82.4 cm³/mol. The molecule has 0 amide bonds. The number of rotatable bonds is 6. The van der Waals surface area contributed by atoms with E-state index in [0.29, 0.717) is 6.04 Å². The molecule has 0 unspecified atom stereocenters. The molecule has 1 heterocycles. The molecule has 2 aromatic rings. The maximum Gasteiger partial charge on any atom is 0.150 e. The van der Waals surface area contributed by atoms with E-state index in [-0.39, 0.29) is 0 Å². The SMILES string of the molecule is CSc1ccccc1Oc1cnccc1CNC1CC1. The molecule has 0 aliphatic heterocycles. The average molecular weight is 286 g/mol. The molecule has 0 bridgehead atoms. The normalized spacial score (nSPS) is 14.2. The Hall–Kier alpha value is -1.52. The van der Waals surface area contributed by atoms with Crippen LogP contribution in [0.4, 0.5) is 0 Å². The van der Waals surface area contributed by atoms with E-state index < -0.39 is 0 Å². The van der Waals surface area contributed by atoms with Crippen LogP contribution in [0.1, 0.15) is 18.4 Å². The smallest absolute Gasteiger partial charge is 0.150 e. The summed E-state index contributed by atoms with van der Waals surface area (Å²) in [5.74, 6) is 1.72. The molecular weight excluding hydrogens is 268 g/mol. The number of aromatic nitrogens is 1. The van der Waals surface area contributed by atoms with E-state index in [2.05, 4.69) is 22.6 Å². The van der Waals surface area contributed by atoms with Gasteiger partial charge in [-0.2, -0.15) is 0 Å². The maximum absolute atomic E-state index is 6.06. The third-order valence-corrected chi connectivity index (χ3v) is 4.09. The second-order valence-electron chi connectivity index (χ2n) is 4.89. The first-order valence-electron chi connectivity index (χ1n) is 6.84. The van der Waals surface area contributed by atoms with Crippen molar-refractivity contribution in [2.75, 3.05) is 6.26 Å². The van der Waals surface area contributed by atoms with Gasteiger partial charge in [0.15, 0.2) is 0 Å². The molecule has 1 aromatic carbocycles. The lowest BCUT2D eigenvalue weighted by molar-refractivity contribution is 0.459. The Bertz CT molecular complexity index is 584. The summed E-state index contributed by atoms with van der Waals surface area (Å²) in [5.41, 5.74) is 1.16. The number of nitrogens with one attached hydrogen (secondary N) is 1. The summed E-state index contributed by atoms with van der Waals surface area (Å²) in [6, 6.07) is 10.8. The zero-order valence-electron chi connectivity index (χ0n) is 11.5. The molecule has 0 spiro atoms. The fourth-order valence-corrected chi connectivity index (χ4v) is 2.54. The molecule has 1 fully saturated rings. The zero-order valence-corrected chi connectivity index (χ0v) is 12.3. The maximum atomic E-state index is 6.06. The number of ether oxygens (including phenoxy) is 1. The van der Waals surface area contributed by atoms with Crippen LogP contribution in [0.3, 0.4) is 0 Å². The third-order valence-electron chi connectivity index (χ3n) is 3.32. The molecule has 4 heteroatoms. The van der Waals surface area contributed by atoms with Gasteiger partial charge in [0.25, 0.3) is 0 Å². The fraction of sp³-hybridized carbons (Fsp3) is 0.312. The van der Waals surface area contributed by atoms with Gasteiger partial charge in [-0.15, -0.1) is 11.8 Å². The number of thioether (sulfide) groups is 1. The van der Waals surface area contributed by atoms with Crippen LogP contribution in [0.25, 0.3) is 0 Å². The van der Waals surface area contributed by atoms with Gasteiger partial charge < -0.3 is 10.1 Å². The van der Waals surface area contributed by atoms with Gasteiger partial charge in [0.1, 0.15) is 11.5 Å².